The molecule has 0 unspecified atom stereocenters. The summed E-state index contributed by atoms with van der Waals surface area (Å²) < 4.78 is 57.2. The van der Waals surface area contributed by atoms with Crippen molar-refractivity contribution in [2.45, 2.75) is 17.9 Å². The first-order valence-electron chi connectivity index (χ1n) is 9.08. The third kappa shape index (κ3) is 6.68. The van der Waals surface area contributed by atoms with Crippen LogP contribution in [0, 0.1) is 11.8 Å². The molecule has 2 N–H and O–H groups in total. The van der Waals surface area contributed by atoms with Gasteiger partial charge in [-0.15, -0.1) is 5.92 Å². The third-order valence-electron chi connectivity index (χ3n) is 4.56. The van der Waals surface area contributed by atoms with Crippen molar-refractivity contribution >= 4 is 26.0 Å². The van der Waals surface area contributed by atoms with Gasteiger partial charge in [0.2, 0.25) is 20.0 Å². The lowest BCUT2D eigenvalue weighted by molar-refractivity contribution is -0.143. The highest BCUT2D eigenvalue weighted by atomic mass is 32.2. The molecular formula is C18H25N3O7S2. The average Bonchev–Trinajstić information content (AvgIpc) is 2.68. The summed E-state index contributed by atoms with van der Waals surface area (Å²) in [7, 11) is -7.28. The van der Waals surface area contributed by atoms with Crippen LogP contribution in [-0.4, -0.2) is 88.7 Å². The van der Waals surface area contributed by atoms with Gasteiger partial charge in [0.05, 0.1) is 11.2 Å². The maximum atomic E-state index is 12.5. The molecule has 1 heterocycles. The molecule has 1 aliphatic rings. The van der Waals surface area contributed by atoms with Crippen molar-refractivity contribution in [1.29, 1.82) is 0 Å². The Kier molecular flexibility index (Phi) is 8.22. The zero-order valence-corrected chi connectivity index (χ0v) is 18.4. The molecule has 0 saturated carbocycles. The minimum absolute atomic E-state index is 0.0255. The number of nitrogens with one attached hydrogen (secondary N) is 1. The first-order chi connectivity index (χ1) is 14.0. The van der Waals surface area contributed by atoms with Crippen molar-refractivity contribution in [1.82, 2.24) is 13.9 Å². The molecule has 1 saturated heterocycles. The van der Waals surface area contributed by atoms with Crippen LogP contribution >= 0.6 is 0 Å². The van der Waals surface area contributed by atoms with Crippen molar-refractivity contribution < 1.29 is 31.5 Å². The van der Waals surface area contributed by atoms with Crippen LogP contribution in [0.2, 0.25) is 0 Å². The van der Waals surface area contributed by atoms with Crippen LogP contribution in [0.3, 0.4) is 0 Å². The number of rotatable bonds is 9. The van der Waals surface area contributed by atoms with Gasteiger partial charge in [-0.25, -0.2) is 21.6 Å². The van der Waals surface area contributed by atoms with E-state index in [1.807, 2.05) is 0 Å². The number of carbonyl (C=O) groups is 1. The fourth-order valence-corrected chi connectivity index (χ4v) is 4.76. The van der Waals surface area contributed by atoms with Crippen LogP contribution < -0.4 is 9.46 Å². The molecule has 1 atom stereocenters. The van der Waals surface area contributed by atoms with Gasteiger partial charge in [-0.3, -0.25) is 9.69 Å². The molecule has 10 nitrogen and oxygen atoms in total. The van der Waals surface area contributed by atoms with Crippen molar-refractivity contribution in [3.8, 4) is 17.6 Å². The van der Waals surface area contributed by atoms with E-state index < -0.39 is 32.1 Å². The van der Waals surface area contributed by atoms with Crippen molar-refractivity contribution in [3.05, 3.63) is 24.3 Å². The van der Waals surface area contributed by atoms with Crippen LogP contribution in [0.5, 0.6) is 5.75 Å². The number of carboxylic acids is 1. The van der Waals surface area contributed by atoms with Gasteiger partial charge < -0.3 is 9.84 Å². The van der Waals surface area contributed by atoms with Gasteiger partial charge in [-0.1, -0.05) is 5.92 Å². The fraction of sp³-hybridized carbons (Fsp3) is 0.500. The predicted octanol–water partition coefficient (Wildman–Crippen LogP) is -0.603. The molecule has 0 aromatic heterocycles. The molecule has 0 spiro atoms. The van der Waals surface area contributed by atoms with Crippen molar-refractivity contribution in [2.75, 3.05) is 45.6 Å². The summed E-state index contributed by atoms with van der Waals surface area (Å²) in [6.07, 6.45) is 1.10. The van der Waals surface area contributed by atoms with Crippen LogP contribution in [0.25, 0.3) is 0 Å². The van der Waals surface area contributed by atoms with E-state index in [9.17, 15) is 26.7 Å². The van der Waals surface area contributed by atoms with Gasteiger partial charge in [0.15, 0.2) is 0 Å². The van der Waals surface area contributed by atoms with Crippen molar-refractivity contribution in [3.63, 3.8) is 0 Å². The molecule has 0 aliphatic carbocycles. The predicted molar refractivity (Wildman–Crippen MR) is 110 cm³/mol. The molecule has 166 valence electrons. The summed E-state index contributed by atoms with van der Waals surface area (Å²) in [4.78, 5) is 13.2. The van der Waals surface area contributed by atoms with E-state index in [4.69, 9.17) is 4.74 Å². The van der Waals surface area contributed by atoms with E-state index in [0.717, 1.165) is 6.26 Å². The summed E-state index contributed by atoms with van der Waals surface area (Å²) in [5.74, 6) is 4.68. The van der Waals surface area contributed by atoms with Gasteiger partial charge in [0, 0.05) is 32.7 Å². The number of hydrogen-bond donors (Lipinski definition) is 2. The number of piperazine rings is 1. The van der Waals surface area contributed by atoms with E-state index in [0.29, 0.717) is 5.75 Å². The number of carboxylic acid groups (broad SMARTS) is 1. The minimum Gasteiger partial charge on any atom is -0.481 e. The Morgan fingerprint density at radius 1 is 1.17 bits per heavy atom. The molecular weight excluding hydrogens is 434 g/mol. The van der Waals surface area contributed by atoms with Crippen LogP contribution in [0.1, 0.15) is 6.92 Å². The summed E-state index contributed by atoms with van der Waals surface area (Å²) in [5, 5.41) is 9.52. The molecule has 1 fully saturated rings. The number of nitrogens with zero attached hydrogens (tertiary/aromatic N) is 2. The Balaban J connectivity index is 1.99. The Hall–Kier alpha value is -2.17. The van der Waals surface area contributed by atoms with Crippen molar-refractivity contribution in [2.24, 2.45) is 0 Å². The molecule has 0 bridgehead atoms. The van der Waals surface area contributed by atoms with Crippen LogP contribution in [0.4, 0.5) is 0 Å². The fourth-order valence-electron chi connectivity index (χ4n) is 2.90. The highest BCUT2D eigenvalue weighted by molar-refractivity contribution is 7.89. The number of sulfonamides is 2. The van der Waals surface area contributed by atoms with Crippen LogP contribution in [-0.2, 0) is 24.8 Å². The largest absolute Gasteiger partial charge is 0.481 e. The number of benzene rings is 1. The summed E-state index contributed by atoms with van der Waals surface area (Å²) in [6, 6.07) is 4.59. The first-order valence-corrected chi connectivity index (χ1v) is 12.4. The smallest absolute Gasteiger partial charge is 0.322 e. The maximum absolute atomic E-state index is 12.5. The second-order valence-corrected chi connectivity index (χ2v) is 10.3. The van der Waals surface area contributed by atoms with E-state index in [1.165, 1.54) is 28.6 Å². The van der Waals surface area contributed by atoms with E-state index in [1.54, 1.807) is 11.8 Å². The highest BCUT2D eigenvalue weighted by Gasteiger charge is 2.32. The van der Waals surface area contributed by atoms with Crippen LogP contribution in [0.15, 0.2) is 29.2 Å². The summed E-state index contributed by atoms with van der Waals surface area (Å²) in [6.45, 7) is 2.21. The standard InChI is InChI=1S/C18H25N3O7S2/c1-3-4-13-28-15-5-7-16(8-6-15)30(26,27)19-14-17(18(22)23)20-9-11-21(12-10-20)29(2,24)25/h5-8,17,19H,9-14H2,1-2H3,(H,22,23)/t17-/m0/s1. The quantitative estimate of drug-likeness (QED) is 0.468. The lowest BCUT2D eigenvalue weighted by Crippen LogP contribution is -2.56. The molecule has 30 heavy (non-hydrogen) atoms. The molecule has 1 aliphatic heterocycles. The van der Waals surface area contributed by atoms with Gasteiger partial charge in [0.25, 0.3) is 0 Å². The van der Waals surface area contributed by atoms with Gasteiger partial charge in [-0.05, 0) is 31.2 Å². The summed E-state index contributed by atoms with van der Waals surface area (Å²) >= 11 is 0. The molecule has 1 aromatic rings. The Labute approximate surface area is 176 Å². The average molecular weight is 460 g/mol. The monoisotopic (exact) mass is 459 g/mol. The number of aliphatic carboxylic acids is 1. The maximum Gasteiger partial charge on any atom is 0.322 e. The second-order valence-electron chi connectivity index (χ2n) is 6.59. The molecule has 0 amide bonds. The zero-order chi connectivity index (χ0) is 22.4. The summed E-state index contributed by atoms with van der Waals surface area (Å²) in [5.41, 5.74) is 0. The molecule has 12 heteroatoms. The van der Waals surface area contributed by atoms with Gasteiger partial charge in [-0.2, -0.15) is 4.31 Å². The van der Waals surface area contributed by atoms with Gasteiger partial charge in [0.1, 0.15) is 18.4 Å². The highest BCUT2D eigenvalue weighted by Crippen LogP contribution is 2.16. The van der Waals surface area contributed by atoms with E-state index in [-0.39, 0.29) is 44.2 Å². The van der Waals surface area contributed by atoms with E-state index >= 15 is 0 Å². The lowest BCUT2D eigenvalue weighted by atomic mass is 10.2. The molecule has 1 aromatic carbocycles. The lowest BCUT2D eigenvalue weighted by Gasteiger charge is -2.36. The number of ether oxygens (including phenoxy) is 1. The first kappa shape index (κ1) is 24.1. The third-order valence-corrected chi connectivity index (χ3v) is 7.30. The zero-order valence-electron chi connectivity index (χ0n) is 16.7. The Morgan fingerprint density at radius 3 is 2.27 bits per heavy atom. The second kappa shape index (κ2) is 10.2. The normalized spacial score (nSPS) is 17.0. The molecule has 2 rings (SSSR count). The number of hydrogen-bond acceptors (Lipinski definition) is 7. The minimum atomic E-state index is -3.93. The Bertz CT molecular complexity index is 1000. The molecule has 0 radical (unpaired) electrons. The van der Waals surface area contributed by atoms with Gasteiger partial charge >= 0.3 is 5.97 Å². The Morgan fingerprint density at radius 2 is 1.77 bits per heavy atom. The topological polar surface area (TPSA) is 133 Å². The van der Waals surface area contributed by atoms with E-state index in [2.05, 4.69) is 16.6 Å². The SMILES string of the molecule is CC#CCOc1ccc(S(=O)(=O)NC[C@@H](C(=O)O)N2CCN(S(C)(=O)=O)CC2)cc1.